The minimum absolute atomic E-state index is 0.127. The molecule has 2 aromatic rings. The Kier molecular flexibility index (Phi) is 4.41. The van der Waals surface area contributed by atoms with Crippen molar-refractivity contribution in [1.82, 2.24) is 4.72 Å². The van der Waals surface area contributed by atoms with Gasteiger partial charge in [0.15, 0.2) is 11.5 Å². The molecular formula is C16H16N2O5S. The highest BCUT2D eigenvalue weighted by Gasteiger charge is 2.15. The van der Waals surface area contributed by atoms with Gasteiger partial charge in [-0.05, 0) is 49.5 Å². The first kappa shape index (κ1) is 16.3. The lowest BCUT2D eigenvalue weighted by Gasteiger charge is -2.18. The van der Waals surface area contributed by atoms with Crippen LogP contribution in [0, 0.1) is 0 Å². The molecule has 0 saturated carbocycles. The Bertz CT molecular complexity index is 863. The maximum Gasteiger partial charge on any atom is 0.255 e. The SMILES string of the molecule is CNS(=O)(=O)c1ccc(NC(=O)c2ccc3c(c2)OCCO3)cc1. The Labute approximate surface area is 139 Å². The number of nitrogens with one attached hydrogen (secondary N) is 2. The number of anilines is 1. The molecule has 2 aromatic carbocycles. The predicted molar refractivity (Wildman–Crippen MR) is 88.1 cm³/mol. The van der Waals surface area contributed by atoms with Crippen LogP contribution in [0.3, 0.4) is 0 Å². The Hall–Kier alpha value is -2.58. The van der Waals surface area contributed by atoms with E-state index in [0.29, 0.717) is 36.0 Å². The summed E-state index contributed by atoms with van der Waals surface area (Å²) in [5, 5.41) is 2.71. The number of fused-ring (bicyclic) bond motifs is 1. The molecule has 8 heteroatoms. The van der Waals surface area contributed by atoms with Crippen molar-refractivity contribution in [1.29, 1.82) is 0 Å². The van der Waals surface area contributed by atoms with Crippen LogP contribution in [0.25, 0.3) is 0 Å². The highest BCUT2D eigenvalue weighted by molar-refractivity contribution is 7.89. The first-order valence-corrected chi connectivity index (χ1v) is 8.72. The van der Waals surface area contributed by atoms with E-state index in [4.69, 9.17) is 9.47 Å². The topological polar surface area (TPSA) is 93.7 Å². The second-order valence-corrected chi connectivity index (χ2v) is 6.93. The molecule has 1 aliphatic rings. The molecule has 3 rings (SSSR count). The normalized spacial score (nSPS) is 13.4. The Balaban J connectivity index is 1.75. The molecule has 0 atom stereocenters. The van der Waals surface area contributed by atoms with Gasteiger partial charge in [0.1, 0.15) is 13.2 Å². The molecular weight excluding hydrogens is 332 g/mol. The largest absolute Gasteiger partial charge is 0.486 e. The van der Waals surface area contributed by atoms with E-state index in [1.807, 2.05) is 0 Å². The Morgan fingerprint density at radius 3 is 2.33 bits per heavy atom. The summed E-state index contributed by atoms with van der Waals surface area (Å²) in [6, 6.07) is 10.8. The van der Waals surface area contributed by atoms with E-state index in [1.165, 1.54) is 31.3 Å². The smallest absolute Gasteiger partial charge is 0.255 e. The number of ether oxygens (including phenoxy) is 2. The monoisotopic (exact) mass is 348 g/mol. The molecule has 0 saturated heterocycles. The van der Waals surface area contributed by atoms with E-state index in [-0.39, 0.29) is 10.8 Å². The number of carbonyl (C=O) groups is 1. The number of sulfonamides is 1. The molecule has 1 heterocycles. The number of hydrogen-bond donors (Lipinski definition) is 2. The van der Waals surface area contributed by atoms with Crippen LogP contribution in [0.2, 0.25) is 0 Å². The van der Waals surface area contributed by atoms with E-state index in [0.717, 1.165) is 0 Å². The third-order valence-corrected chi connectivity index (χ3v) is 4.93. The van der Waals surface area contributed by atoms with E-state index in [9.17, 15) is 13.2 Å². The maximum absolute atomic E-state index is 12.3. The van der Waals surface area contributed by atoms with Crippen LogP contribution < -0.4 is 19.5 Å². The number of rotatable bonds is 4. The predicted octanol–water partition coefficient (Wildman–Crippen LogP) is 1.62. The molecule has 2 N–H and O–H groups in total. The zero-order chi connectivity index (χ0) is 17.2. The average molecular weight is 348 g/mol. The molecule has 0 bridgehead atoms. The molecule has 0 fully saturated rings. The van der Waals surface area contributed by atoms with Crippen molar-refractivity contribution < 1.29 is 22.7 Å². The fourth-order valence-corrected chi connectivity index (χ4v) is 2.95. The molecule has 0 aliphatic carbocycles. The molecule has 126 valence electrons. The highest BCUT2D eigenvalue weighted by Crippen LogP contribution is 2.31. The summed E-state index contributed by atoms with van der Waals surface area (Å²) in [4.78, 5) is 12.4. The first-order valence-electron chi connectivity index (χ1n) is 7.24. The van der Waals surface area contributed by atoms with Crippen LogP contribution >= 0.6 is 0 Å². The quantitative estimate of drug-likeness (QED) is 0.876. The average Bonchev–Trinajstić information content (AvgIpc) is 2.61. The molecule has 24 heavy (non-hydrogen) atoms. The minimum Gasteiger partial charge on any atom is -0.486 e. The molecule has 0 radical (unpaired) electrons. The van der Waals surface area contributed by atoms with Crippen LogP contribution in [0.4, 0.5) is 5.69 Å². The zero-order valence-corrected chi connectivity index (χ0v) is 13.7. The summed E-state index contributed by atoms with van der Waals surface area (Å²) in [5.74, 6) is 0.819. The summed E-state index contributed by atoms with van der Waals surface area (Å²) in [6.45, 7) is 0.930. The molecule has 0 aromatic heterocycles. The van der Waals surface area contributed by atoms with Gasteiger partial charge in [0.2, 0.25) is 10.0 Å². The van der Waals surface area contributed by atoms with E-state index < -0.39 is 10.0 Å². The summed E-state index contributed by atoms with van der Waals surface area (Å²) in [6.07, 6.45) is 0. The first-order chi connectivity index (χ1) is 11.5. The zero-order valence-electron chi connectivity index (χ0n) is 12.9. The second-order valence-electron chi connectivity index (χ2n) is 5.04. The standard InChI is InChI=1S/C16H16N2O5S/c1-17-24(20,21)13-5-3-12(4-6-13)18-16(19)11-2-7-14-15(10-11)23-9-8-22-14/h2-7,10,17H,8-9H2,1H3,(H,18,19). The third-order valence-electron chi connectivity index (χ3n) is 3.50. The van der Waals surface area contributed by atoms with Gasteiger partial charge in [0, 0.05) is 11.3 Å². The number of amides is 1. The summed E-state index contributed by atoms with van der Waals surface area (Å²) < 4.78 is 36.4. The lowest BCUT2D eigenvalue weighted by molar-refractivity contribution is 0.102. The fourth-order valence-electron chi connectivity index (χ4n) is 2.22. The molecule has 7 nitrogen and oxygen atoms in total. The van der Waals surface area contributed by atoms with Crippen molar-refractivity contribution in [3.05, 3.63) is 48.0 Å². The number of carbonyl (C=O) groups excluding carboxylic acids is 1. The summed E-state index contributed by atoms with van der Waals surface area (Å²) in [7, 11) is -2.16. The lowest BCUT2D eigenvalue weighted by atomic mass is 10.1. The van der Waals surface area contributed by atoms with Gasteiger partial charge in [-0.1, -0.05) is 0 Å². The summed E-state index contributed by atoms with van der Waals surface area (Å²) in [5.41, 5.74) is 0.913. The van der Waals surface area contributed by atoms with Gasteiger partial charge in [-0.3, -0.25) is 4.79 Å². The van der Waals surface area contributed by atoms with E-state index in [2.05, 4.69) is 10.0 Å². The number of hydrogen-bond acceptors (Lipinski definition) is 5. The fraction of sp³-hybridized carbons (Fsp3) is 0.188. The van der Waals surface area contributed by atoms with Crippen molar-refractivity contribution in [3.63, 3.8) is 0 Å². The van der Waals surface area contributed by atoms with Gasteiger partial charge in [0.25, 0.3) is 5.91 Å². The van der Waals surface area contributed by atoms with Gasteiger partial charge in [0.05, 0.1) is 4.90 Å². The van der Waals surface area contributed by atoms with Crippen LogP contribution in [-0.2, 0) is 10.0 Å². The van der Waals surface area contributed by atoms with Crippen molar-refractivity contribution >= 4 is 21.6 Å². The highest BCUT2D eigenvalue weighted by atomic mass is 32.2. The molecule has 1 aliphatic heterocycles. The van der Waals surface area contributed by atoms with Crippen molar-refractivity contribution in [2.24, 2.45) is 0 Å². The van der Waals surface area contributed by atoms with Crippen LogP contribution in [0.15, 0.2) is 47.4 Å². The van der Waals surface area contributed by atoms with Crippen molar-refractivity contribution in [3.8, 4) is 11.5 Å². The Morgan fingerprint density at radius 2 is 1.67 bits per heavy atom. The third kappa shape index (κ3) is 3.34. The van der Waals surface area contributed by atoms with Gasteiger partial charge >= 0.3 is 0 Å². The Morgan fingerprint density at radius 1 is 1.00 bits per heavy atom. The van der Waals surface area contributed by atoms with E-state index >= 15 is 0 Å². The second kappa shape index (κ2) is 6.50. The van der Waals surface area contributed by atoms with Crippen LogP contribution in [0.5, 0.6) is 11.5 Å². The van der Waals surface area contributed by atoms with Gasteiger partial charge in [-0.2, -0.15) is 0 Å². The minimum atomic E-state index is -3.50. The number of benzene rings is 2. The van der Waals surface area contributed by atoms with Crippen molar-refractivity contribution in [2.75, 3.05) is 25.6 Å². The molecule has 0 spiro atoms. The van der Waals surface area contributed by atoms with Gasteiger partial charge in [-0.15, -0.1) is 0 Å². The van der Waals surface area contributed by atoms with Crippen LogP contribution in [0.1, 0.15) is 10.4 Å². The maximum atomic E-state index is 12.3. The van der Waals surface area contributed by atoms with Crippen molar-refractivity contribution in [2.45, 2.75) is 4.90 Å². The van der Waals surface area contributed by atoms with Gasteiger partial charge < -0.3 is 14.8 Å². The lowest BCUT2D eigenvalue weighted by Crippen LogP contribution is -2.19. The molecule has 0 unspecified atom stereocenters. The molecule has 1 amide bonds. The summed E-state index contributed by atoms with van der Waals surface area (Å²) >= 11 is 0. The van der Waals surface area contributed by atoms with Gasteiger partial charge in [-0.25, -0.2) is 13.1 Å². The van der Waals surface area contributed by atoms with Crippen LogP contribution in [-0.4, -0.2) is 34.6 Å². The van der Waals surface area contributed by atoms with E-state index in [1.54, 1.807) is 18.2 Å².